The highest BCUT2D eigenvalue weighted by Crippen LogP contribution is 2.15. The summed E-state index contributed by atoms with van der Waals surface area (Å²) in [5.74, 6) is -0.376. The van der Waals surface area contributed by atoms with Gasteiger partial charge in [0.05, 0.1) is 7.11 Å². The number of carboxylic acid groups (broad SMARTS) is 1. The fourth-order valence-corrected chi connectivity index (χ4v) is 1.17. The van der Waals surface area contributed by atoms with Crippen LogP contribution >= 0.6 is 0 Å². The Hall–Kier alpha value is -2.24. The van der Waals surface area contributed by atoms with Gasteiger partial charge in [0.2, 0.25) is 0 Å². The van der Waals surface area contributed by atoms with Gasteiger partial charge in [-0.25, -0.2) is 4.79 Å². The lowest BCUT2D eigenvalue weighted by atomic mass is 10.3. The van der Waals surface area contributed by atoms with E-state index in [0.717, 1.165) is 4.90 Å². The molecular weight excluding hydrogens is 224 g/mol. The molecule has 1 aromatic rings. The molecule has 0 radical (unpaired) electrons. The first kappa shape index (κ1) is 12.8. The Balaban J connectivity index is 2.58. The van der Waals surface area contributed by atoms with Crippen molar-refractivity contribution in [2.75, 3.05) is 26.0 Å². The van der Waals surface area contributed by atoms with Crippen LogP contribution in [0.25, 0.3) is 0 Å². The quantitative estimate of drug-likeness (QED) is 0.827. The lowest BCUT2D eigenvalue weighted by Crippen LogP contribution is -2.35. The number of urea groups is 1. The first-order valence-electron chi connectivity index (χ1n) is 4.91. The third-order valence-electron chi connectivity index (χ3n) is 2.06. The molecule has 0 spiro atoms. The van der Waals surface area contributed by atoms with Crippen molar-refractivity contribution in [3.63, 3.8) is 0 Å². The molecule has 0 aliphatic carbocycles. The van der Waals surface area contributed by atoms with Crippen molar-refractivity contribution in [3.05, 3.63) is 24.3 Å². The van der Waals surface area contributed by atoms with Gasteiger partial charge in [-0.15, -0.1) is 0 Å². The highest BCUT2D eigenvalue weighted by molar-refractivity contribution is 5.91. The van der Waals surface area contributed by atoms with Gasteiger partial charge in [-0.3, -0.25) is 4.79 Å². The summed E-state index contributed by atoms with van der Waals surface area (Å²) in [5, 5.41) is 11.1. The van der Waals surface area contributed by atoms with Crippen molar-refractivity contribution in [1.29, 1.82) is 0 Å². The second-order valence-electron chi connectivity index (χ2n) is 3.41. The number of aliphatic carboxylic acids is 1. The number of anilines is 1. The van der Waals surface area contributed by atoms with Crippen LogP contribution in [0.15, 0.2) is 24.3 Å². The molecule has 1 rings (SSSR count). The Labute approximate surface area is 98.8 Å². The lowest BCUT2D eigenvalue weighted by Gasteiger charge is -2.15. The molecule has 92 valence electrons. The largest absolute Gasteiger partial charge is 0.497 e. The zero-order valence-electron chi connectivity index (χ0n) is 9.64. The molecule has 0 heterocycles. The zero-order chi connectivity index (χ0) is 12.8. The maximum absolute atomic E-state index is 11.5. The van der Waals surface area contributed by atoms with Gasteiger partial charge in [-0.05, 0) is 24.3 Å². The molecule has 0 saturated carbocycles. The van der Waals surface area contributed by atoms with Crippen LogP contribution in [0.2, 0.25) is 0 Å². The number of carboxylic acids is 1. The van der Waals surface area contributed by atoms with Crippen molar-refractivity contribution in [1.82, 2.24) is 4.90 Å². The third kappa shape index (κ3) is 4.02. The minimum absolute atomic E-state index is 0.345. The summed E-state index contributed by atoms with van der Waals surface area (Å²) < 4.78 is 4.97. The molecule has 0 atom stereocenters. The standard InChI is InChI=1S/C11H14N2O4/c1-13(7-10(14)15)11(16)12-8-3-5-9(17-2)6-4-8/h3-6H,7H2,1-2H3,(H,12,16)(H,14,15). The van der Waals surface area contributed by atoms with E-state index in [9.17, 15) is 9.59 Å². The summed E-state index contributed by atoms with van der Waals surface area (Å²) in [7, 11) is 2.96. The van der Waals surface area contributed by atoms with E-state index in [-0.39, 0.29) is 6.54 Å². The number of carbonyl (C=O) groups is 2. The predicted molar refractivity (Wildman–Crippen MR) is 62.3 cm³/mol. The van der Waals surface area contributed by atoms with Gasteiger partial charge in [-0.1, -0.05) is 0 Å². The Kier molecular flexibility index (Phi) is 4.33. The summed E-state index contributed by atoms with van der Waals surface area (Å²) >= 11 is 0. The van der Waals surface area contributed by atoms with Gasteiger partial charge in [0, 0.05) is 12.7 Å². The molecular formula is C11H14N2O4. The number of amides is 2. The first-order chi connectivity index (χ1) is 8.02. The van der Waals surface area contributed by atoms with E-state index in [1.807, 2.05) is 0 Å². The number of hydrogen-bond donors (Lipinski definition) is 2. The average Bonchev–Trinajstić information content (AvgIpc) is 2.29. The number of hydrogen-bond acceptors (Lipinski definition) is 3. The summed E-state index contributed by atoms with van der Waals surface area (Å²) in [6.45, 7) is -0.345. The van der Waals surface area contributed by atoms with E-state index in [1.54, 1.807) is 31.4 Å². The Morgan fingerprint density at radius 3 is 2.41 bits per heavy atom. The summed E-state index contributed by atoms with van der Waals surface area (Å²) in [6, 6.07) is 6.27. The van der Waals surface area contributed by atoms with Crippen LogP contribution in [0, 0.1) is 0 Å². The van der Waals surface area contributed by atoms with Gasteiger partial charge in [0.1, 0.15) is 12.3 Å². The van der Waals surface area contributed by atoms with Gasteiger partial charge >= 0.3 is 12.0 Å². The molecule has 1 aromatic carbocycles. The number of ether oxygens (including phenoxy) is 1. The van der Waals surface area contributed by atoms with E-state index in [2.05, 4.69) is 5.32 Å². The van der Waals surface area contributed by atoms with Gasteiger partial charge in [-0.2, -0.15) is 0 Å². The van der Waals surface area contributed by atoms with Crippen LogP contribution < -0.4 is 10.1 Å². The van der Waals surface area contributed by atoms with E-state index >= 15 is 0 Å². The normalized spacial score (nSPS) is 9.53. The van der Waals surface area contributed by atoms with Crippen LogP contribution in [0.3, 0.4) is 0 Å². The molecule has 0 saturated heterocycles. The van der Waals surface area contributed by atoms with Gasteiger partial charge in [0.25, 0.3) is 0 Å². The SMILES string of the molecule is COc1ccc(NC(=O)N(C)CC(=O)O)cc1. The summed E-state index contributed by atoms with van der Waals surface area (Å²) in [4.78, 5) is 23.0. The molecule has 0 aliphatic heterocycles. The number of rotatable bonds is 4. The Bertz CT molecular complexity index is 402. The van der Waals surface area contributed by atoms with Crippen molar-refractivity contribution < 1.29 is 19.4 Å². The molecule has 0 fully saturated rings. The van der Waals surface area contributed by atoms with E-state index in [4.69, 9.17) is 9.84 Å². The first-order valence-corrected chi connectivity index (χ1v) is 4.91. The van der Waals surface area contributed by atoms with E-state index in [0.29, 0.717) is 11.4 Å². The minimum Gasteiger partial charge on any atom is -0.497 e. The number of methoxy groups -OCH3 is 1. The number of nitrogens with one attached hydrogen (secondary N) is 1. The lowest BCUT2D eigenvalue weighted by molar-refractivity contribution is -0.137. The Morgan fingerprint density at radius 1 is 1.35 bits per heavy atom. The minimum atomic E-state index is -1.06. The smallest absolute Gasteiger partial charge is 0.323 e. The van der Waals surface area contributed by atoms with Crippen molar-refractivity contribution in [3.8, 4) is 5.75 Å². The number of nitrogens with zero attached hydrogens (tertiary/aromatic N) is 1. The Morgan fingerprint density at radius 2 is 1.94 bits per heavy atom. The molecule has 0 bridgehead atoms. The molecule has 2 amide bonds. The van der Waals surface area contributed by atoms with E-state index in [1.165, 1.54) is 7.05 Å². The van der Waals surface area contributed by atoms with Gasteiger partial charge in [0.15, 0.2) is 0 Å². The van der Waals surface area contributed by atoms with Crippen LogP contribution in [0.5, 0.6) is 5.75 Å². The maximum Gasteiger partial charge on any atom is 0.323 e. The maximum atomic E-state index is 11.5. The zero-order valence-corrected chi connectivity index (χ0v) is 9.64. The van der Waals surface area contributed by atoms with Crippen molar-refractivity contribution >= 4 is 17.7 Å². The second kappa shape index (κ2) is 5.74. The molecule has 0 aromatic heterocycles. The van der Waals surface area contributed by atoms with Gasteiger partial charge < -0.3 is 20.1 Å². The molecule has 17 heavy (non-hydrogen) atoms. The van der Waals surface area contributed by atoms with Crippen LogP contribution in [0.4, 0.5) is 10.5 Å². The highest BCUT2D eigenvalue weighted by Gasteiger charge is 2.11. The van der Waals surface area contributed by atoms with Crippen molar-refractivity contribution in [2.24, 2.45) is 0 Å². The van der Waals surface area contributed by atoms with Crippen LogP contribution in [0.1, 0.15) is 0 Å². The molecule has 6 nitrogen and oxygen atoms in total. The molecule has 2 N–H and O–H groups in total. The van der Waals surface area contributed by atoms with Crippen molar-refractivity contribution in [2.45, 2.75) is 0 Å². The fourth-order valence-electron chi connectivity index (χ4n) is 1.17. The highest BCUT2D eigenvalue weighted by atomic mass is 16.5. The van der Waals surface area contributed by atoms with Crippen LogP contribution in [-0.4, -0.2) is 42.7 Å². The third-order valence-corrected chi connectivity index (χ3v) is 2.06. The predicted octanol–water partition coefficient (Wildman–Crippen LogP) is 1.24. The molecule has 6 heteroatoms. The number of carbonyl (C=O) groups excluding carboxylic acids is 1. The average molecular weight is 238 g/mol. The van der Waals surface area contributed by atoms with E-state index < -0.39 is 12.0 Å². The second-order valence-corrected chi connectivity index (χ2v) is 3.41. The summed E-state index contributed by atoms with van der Waals surface area (Å²) in [5.41, 5.74) is 0.577. The van der Waals surface area contributed by atoms with Crippen LogP contribution in [-0.2, 0) is 4.79 Å². The number of benzene rings is 1. The topological polar surface area (TPSA) is 78.9 Å². The molecule has 0 unspecified atom stereocenters. The number of likely N-dealkylation sites (N-methyl/N-ethyl adjacent to an activating group) is 1. The monoisotopic (exact) mass is 238 g/mol. The molecule has 0 aliphatic rings. The summed E-state index contributed by atoms with van der Waals surface area (Å²) in [6.07, 6.45) is 0. The fraction of sp³-hybridized carbons (Fsp3) is 0.273.